The Labute approximate surface area is 117 Å². The molecule has 108 valence electrons. The lowest BCUT2D eigenvalue weighted by Crippen LogP contribution is -2.30. The molecule has 0 fully saturated rings. The molecule has 1 rings (SSSR count). The molecule has 0 aromatic heterocycles. The van der Waals surface area contributed by atoms with E-state index in [1.807, 2.05) is 0 Å². The van der Waals surface area contributed by atoms with Crippen molar-refractivity contribution in [3.05, 3.63) is 17.2 Å². The topological polar surface area (TPSA) is 84.9 Å². The summed E-state index contributed by atoms with van der Waals surface area (Å²) in [6.07, 6.45) is -0.796. The average molecular weight is 310 g/mol. The summed E-state index contributed by atoms with van der Waals surface area (Å²) in [6, 6.07) is 2.63. The maximum atomic E-state index is 12.1. The second kappa shape index (κ2) is 6.42. The molecule has 19 heavy (non-hydrogen) atoms. The van der Waals surface area contributed by atoms with Crippen molar-refractivity contribution in [2.24, 2.45) is 0 Å². The van der Waals surface area contributed by atoms with Crippen LogP contribution in [0.3, 0.4) is 0 Å². The third kappa shape index (κ3) is 3.97. The number of aliphatic hydroxyl groups is 1. The van der Waals surface area contributed by atoms with E-state index in [9.17, 15) is 8.42 Å². The van der Waals surface area contributed by atoms with Crippen molar-refractivity contribution in [1.29, 1.82) is 0 Å². The number of ether oxygens (including phenoxy) is 2. The number of hydrogen-bond acceptors (Lipinski definition) is 5. The van der Waals surface area contributed by atoms with Gasteiger partial charge in [0.15, 0.2) is 0 Å². The van der Waals surface area contributed by atoms with Crippen molar-refractivity contribution >= 4 is 21.6 Å². The van der Waals surface area contributed by atoms with Crippen molar-refractivity contribution in [1.82, 2.24) is 4.72 Å². The van der Waals surface area contributed by atoms with Gasteiger partial charge in [0.2, 0.25) is 10.0 Å². The molecule has 0 radical (unpaired) electrons. The molecule has 0 bridgehead atoms. The van der Waals surface area contributed by atoms with Gasteiger partial charge in [0, 0.05) is 18.7 Å². The zero-order valence-corrected chi connectivity index (χ0v) is 12.4. The summed E-state index contributed by atoms with van der Waals surface area (Å²) < 4.78 is 36.4. The summed E-state index contributed by atoms with van der Waals surface area (Å²) in [5, 5.41) is 9.37. The summed E-state index contributed by atoms with van der Waals surface area (Å²) in [5.74, 6) is 0.323. The minimum atomic E-state index is -3.82. The molecule has 0 saturated carbocycles. The molecular weight excluding hydrogens is 294 g/mol. The van der Waals surface area contributed by atoms with Gasteiger partial charge in [-0.05, 0) is 6.92 Å². The first-order valence-electron chi connectivity index (χ1n) is 5.41. The highest BCUT2D eigenvalue weighted by molar-refractivity contribution is 7.89. The highest BCUT2D eigenvalue weighted by Gasteiger charge is 2.22. The van der Waals surface area contributed by atoms with Crippen LogP contribution in [0, 0.1) is 0 Å². The number of aliphatic hydroxyl groups excluding tert-OH is 1. The van der Waals surface area contributed by atoms with E-state index in [-0.39, 0.29) is 28.0 Å². The standard InChI is InChI=1S/C11H16ClNO5S/c1-7(14)6-13-19(15,16)11-5-9(17-2)8(12)4-10(11)18-3/h4-5,7,13-14H,6H2,1-3H3/t7-/m0/s1. The molecule has 8 heteroatoms. The Balaban J connectivity index is 3.24. The average Bonchev–Trinajstić information content (AvgIpc) is 2.35. The summed E-state index contributed by atoms with van der Waals surface area (Å²) in [5.41, 5.74) is 0. The predicted octanol–water partition coefficient (Wildman–Crippen LogP) is 1.02. The predicted molar refractivity (Wildman–Crippen MR) is 71.4 cm³/mol. The van der Waals surface area contributed by atoms with Crippen LogP contribution in [0.1, 0.15) is 6.92 Å². The molecule has 0 spiro atoms. The quantitative estimate of drug-likeness (QED) is 0.819. The van der Waals surface area contributed by atoms with E-state index in [1.54, 1.807) is 0 Å². The number of nitrogens with one attached hydrogen (secondary N) is 1. The van der Waals surface area contributed by atoms with Gasteiger partial charge in [-0.1, -0.05) is 11.6 Å². The number of sulfonamides is 1. The van der Waals surface area contributed by atoms with Crippen LogP contribution in [-0.2, 0) is 10.0 Å². The minimum absolute atomic E-state index is 0.100. The Morgan fingerprint density at radius 2 is 1.89 bits per heavy atom. The fraction of sp³-hybridized carbons (Fsp3) is 0.455. The minimum Gasteiger partial charge on any atom is -0.495 e. The molecule has 0 aliphatic rings. The smallest absolute Gasteiger partial charge is 0.244 e. The van der Waals surface area contributed by atoms with Gasteiger partial charge in [-0.25, -0.2) is 13.1 Å². The van der Waals surface area contributed by atoms with Gasteiger partial charge in [0.05, 0.1) is 25.3 Å². The molecule has 2 N–H and O–H groups in total. The molecule has 1 aromatic carbocycles. The first kappa shape index (κ1) is 16.0. The highest BCUT2D eigenvalue weighted by atomic mass is 35.5. The molecule has 0 aliphatic carbocycles. The molecule has 0 heterocycles. The van der Waals surface area contributed by atoms with Crippen LogP contribution >= 0.6 is 11.6 Å². The van der Waals surface area contributed by atoms with Crippen LogP contribution in [0.4, 0.5) is 0 Å². The third-order valence-electron chi connectivity index (χ3n) is 2.30. The van der Waals surface area contributed by atoms with E-state index in [0.717, 1.165) is 0 Å². The highest BCUT2D eigenvalue weighted by Crippen LogP contribution is 2.34. The van der Waals surface area contributed by atoms with E-state index >= 15 is 0 Å². The van der Waals surface area contributed by atoms with Crippen molar-refractivity contribution < 1.29 is 23.0 Å². The van der Waals surface area contributed by atoms with Crippen molar-refractivity contribution in [3.8, 4) is 11.5 Å². The first-order chi connectivity index (χ1) is 8.81. The fourth-order valence-corrected chi connectivity index (χ4v) is 2.87. The Morgan fingerprint density at radius 3 is 2.37 bits per heavy atom. The van der Waals surface area contributed by atoms with Crippen LogP contribution in [0.25, 0.3) is 0 Å². The van der Waals surface area contributed by atoms with Gasteiger partial charge in [0.25, 0.3) is 0 Å². The number of halogens is 1. The maximum Gasteiger partial charge on any atom is 0.244 e. The second-order valence-corrected chi connectivity index (χ2v) is 5.98. The SMILES string of the molecule is COc1cc(S(=O)(=O)NC[C@H](C)O)c(OC)cc1Cl. The third-order valence-corrected chi connectivity index (χ3v) is 4.04. The Hall–Kier alpha value is -1.02. The largest absolute Gasteiger partial charge is 0.495 e. The lowest BCUT2D eigenvalue weighted by Gasteiger charge is -2.14. The van der Waals surface area contributed by atoms with Gasteiger partial charge >= 0.3 is 0 Å². The summed E-state index contributed by atoms with van der Waals surface area (Å²) in [6.45, 7) is 1.37. The molecule has 0 amide bonds. The molecule has 1 atom stereocenters. The second-order valence-electron chi connectivity index (χ2n) is 3.84. The van der Waals surface area contributed by atoms with E-state index in [4.69, 9.17) is 26.2 Å². The zero-order chi connectivity index (χ0) is 14.6. The van der Waals surface area contributed by atoms with Gasteiger partial charge in [-0.2, -0.15) is 0 Å². The number of methoxy groups -OCH3 is 2. The number of benzene rings is 1. The van der Waals surface area contributed by atoms with Crippen LogP contribution in [0.15, 0.2) is 17.0 Å². The molecule has 0 unspecified atom stereocenters. The van der Waals surface area contributed by atoms with Gasteiger partial charge in [0.1, 0.15) is 16.4 Å². The van der Waals surface area contributed by atoms with Crippen LogP contribution in [-0.4, -0.2) is 40.4 Å². The lowest BCUT2D eigenvalue weighted by molar-refractivity contribution is 0.198. The molecule has 6 nitrogen and oxygen atoms in total. The van der Waals surface area contributed by atoms with Crippen LogP contribution in [0.2, 0.25) is 5.02 Å². The summed E-state index contributed by atoms with van der Waals surface area (Å²) in [4.78, 5) is -0.100. The Kier molecular flexibility index (Phi) is 5.42. The van der Waals surface area contributed by atoms with Gasteiger partial charge in [-0.3, -0.25) is 0 Å². The summed E-state index contributed by atoms with van der Waals surface area (Å²) >= 11 is 5.90. The van der Waals surface area contributed by atoms with Crippen molar-refractivity contribution in [2.45, 2.75) is 17.9 Å². The molecule has 1 aromatic rings. The van der Waals surface area contributed by atoms with Crippen LogP contribution < -0.4 is 14.2 Å². The number of rotatable bonds is 6. The van der Waals surface area contributed by atoms with Gasteiger partial charge in [-0.15, -0.1) is 0 Å². The molecule has 0 saturated heterocycles. The number of hydrogen-bond donors (Lipinski definition) is 2. The van der Waals surface area contributed by atoms with Crippen LogP contribution in [0.5, 0.6) is 11.5 Å². The van der Waals surface area contributed by atoms with Crippen molar-refractivity contribution in [3.63, 3.8) is 0 Å². The van der Waals surface area contributed by atoms with E-state index < -0.39 is 16.1 Å². The van der Waals surface area contributed by atoms with Gasteiger partial charge < -0.3 is 14.6 Å². The molecular formula is C11H16ClNO5S. The summed E-state index contributed by atoms with van der Waals surface area (Å²) in [7, 11) is -1.10. The Bertz CT molecular complexity index is 544. The Morgan fingerprint density at radius 1 is 1.32 bits per heavy atom. The maximum absolute atomic E-state index is 12.1. The molecule has 0 aliphatic heterocycles. The van der Waals surface area contributed by atoms with E-state index in [2.05, 4.69) is 4.72 Å². The van der Waals surface area contributed by atoms with E-state index in [1.165, 1.54) is 33.3 Å². The first-order valence-corrected chi connectivity index (χ1v) is 7.27. The lowest BCUT2D eigenvalue weighted by atomic mass is 10.3. The zero-order valence-electron chi connectivity index (χ0n) is 10.8. The van der Waals surface area contributed by atoms with Crippen molar-refractivity contribution in [2.75, 3.05) is 20.8 Å². The monoisotopic (exact) mass is 309 g/mol. The normalized spacial score (nSPS) is 13.1. The van der Waals surface area contributed by atoms with E-state index in [0.29, 0.717) is 0 Å². The fourth-order valence-electron chi connectivity index (χ4n) is 1.35.